The zero-order chi connectivity index (χ0) is 43.0. The van der Waals surface area contributed by atoms with Crippen LogP contribution in [0.4, 0.5) is 4.79 Å². The molecule has 2 fully saturated rings. The van der Waals surface area contributed by atoms with E-state index in [0.29, 0.717) is 12.8 Å². The third-order valence-corrected chi connectivity index (χ3v) is 11.6. The predicted molar refractivity (Wildman–Crippen MR) is 205 cm³/mol. The average Bonchev–Trinajstić information content (AvgIpc) is 3.74. The number of alkyl carbamates (subject to hydrolysis) is 1. The van der Waals surface area contributed by atoms with Crippen LogP contribution in [-0.2, 0) is 41.6 Å². The van der Waals surface area contributed by atoms with Crippen LogP contribution < -0.4 is 15.4 Å². The van der Waals surface area contributed by atoms with Crippen LogP contribution in [0.1, 0.15) is 87.2 Å². The second-order valence-corrected chi connectivity index (χ2v) is 15.3. The van der Waals surface area contributed by atoms with Crippen LogP contribution in [0.5, 0.6) is 17.2 Å². The molecule has 3 aromatic rings. The summed E-state index contributed by atoms with van der Waals surface area (Å²) in [5.41, 5.74) is -3.48. The molecule has 7 rings (SSSR count). The number of hydrogen-bond donors (Lipinski definition) is 7. The van der Waals surface area contributed by atoms with Crippen molar-refractivity contribution in [2.75, 3.05) is 26.8 Å². The van der Waals surface area contributed by atoms with E-state index in [2.05, 4.69) is 10.6 Å². The Morgan fingerprint density at radius 2 is 1.72 bits per heavy atom. The number of nitrogens with zero attached hydrogens (tertiary/aromatic N) is 1. The molecule has 18 nitrogen and oxygen atoms in total. The highest BCUT2D eigenvalue weighted by Crippen LogP contribution is 2.52. The van der Waals surface area contributed by atoms with Crippen LogP contribution in [0.15, 0.2) is 48.5 Å². The Morgan fingerprint density at radius 1 is 0.983 bits per heavy atom. The van der Waals surface area contributed by atoms with Gasteiger partial charge in [0.15, 0.2) is 17.9 Å². The molecule has 0 spiro atoms. The van der Waals surface area contributed by atoms with Gasteiger partial charge in [-0.3, -0.25) is 24.0 Å². The fraction of sp³-hybridized carbons (Fsp3) is 0.429. The molecule has 3 amide bonds. The smallest absolute Gasteiger partial charge is 0.407 e. The van der Waals surface area contributed by atoms with Crippen LogP contribution in [0.2, 0.25) is 0 Å². The maximum absolute atomic E-state index is 14.0. The lowest BCUT2D eigenvalue weighted by atomic mass is 9.72. The molecule has 7 N–H and O–H groups in total. The highest BCUT2D eigenvalue weighted by atomic mass is 16.7. The monoisotopic (exact) mass is 831 g/mol. The number of aliphatic hydroxyl groups is 3. The molecule has 0 bridgehead atoms. The quantitative estimate of drug-likeness (QED) is 0.104. The summed E-state index contributed by atoms with van der Waals surface area (Å²) in [5, 5.41) is 61.2. The summed E-state index contributed by atoms with van der Waals surface area (Å²) in [6.07, 6.45) is -6.64. The number of aliphatic hydroxyl groups excluding tert-OH is 2. The fourth-order valence-corrected chi connectivity index (χ4v) is 8.50. The van der Waals surface area contributed by atoms with Gasteiger partial charge < -0.3 is 60.0 Å². The van der Waals surface area contributed by atoms with Gasteiger partial charge >= 0.3 is 6.09 Å². The molecular formula is C42H45N3O15. The second kappa shape index (κ2) is 17.0. The van der Waals surface area contributed by atoms with E-state index in [1.54, 1.807) is 24.3 Å². The number of carbonyl (C=O) groups excluding carboxylic acids is 6. The van der Waals surface area contributed by atoms with Crippen molar-refractivity contribution < 1.29 is 73.2 Å². The maximum Gasteiger partial charge on any atom is 0.407 e. The molecule has 0 radical (unpaired) electrons. The number of Topliss-reactive ketones (excluding diaryl/α,β-unsaturated/α-hetero) is 1. The van der Waals surface area contributed by atoms with Crippen LogP contribution in [0, 0.1) is 0 Å². The highest BCUT2D eigenvalue weighted by molar-refractivity contribution is 6.31. The summed E-state index contributed by atoms with van der Waals surface area (Å²) in [6.45, 7) is 0.205. The van der Waals surface area contributed by atoms with E-state index in [1.165, 1.54) is 37.1 Å². The number of ketones is 3. The molecule has 60 heavy (non-hydrogen) atoms. The lowest BCUT2D eigenvalue weighted by molar-refractivity contribution is -0.249. The normalized spacial score (nSPS) is 25.7. The molecule has 2 heterocycles. The number of phenols is 2. The maximum atomic E-state index is 14.0. The summed E-state index contributed by atoms with van der Waals surface area (Å²) >= 11 is 0. The molecule has 2 saturated heterocycles. The Labute approximate surface area is 343 Å². The summed E-state index contributed by atoms with van der Waals surface area (Å²) in [5.74, 6) is -5.34. The topological polar surface area (TPSA) is 268 Å². The zero-order valence-electron chi connectivity index (χ0n) is 32.7. The van der Waals surface area contributed by atoms with E-state index in [9.17, 15) is 54.3 Å². The second-order valence-electron chi connectivity index (χ2n) is 15.3. The molecule has 2 aliphatic heterocycles. The number of methoxy groups -OCH3 is 1. The molecular weight excluding hydrogens is 786 g/mol. The van der Waals surface area contributed by atoms with Gasteiger partial charge in [-0.25, -0.2) is 4.79 Å². The van der Waals surface area contributed by atoms with Crippen molar-refractivity contribution in [2.45, 2.75) is 87.9 Å². The number of fused-ring (bicyclic) bond motifs is 3. The molecule has 2 aliphatic carbocycles. The predicted octanol–water partition coefficient (Wildman–Crippen LogP) is 1.08. The molecule has 0 saturated carbocycles. The summed E-state index contributed by atoms with van der Waals surface area (Å²) in [7, 11) is 1.30. The molecule has 3 aromatic carbocycles. The number of rotatable bonds is 11. The van der Waals surface area contributed by atoms with Crippen molar-refractivity contribution in [3.05, 3.63) is 87.5 Å². The van der Waals surface area contributed by atoms with Crippen molar-refractivity contribution in [2.24, 2.45) is 0 Å². The van der Waals surface area contributed by atoms with Crippen LogP contribution in [0.25, 0.3) is 0 Å². The van der Waals surface area contributed by atoms with E-state index in [0.717, 1.165) is 5.56 Å². The van der Waals surface area contributed by atoms with E-state index < -0.39 is 126 Å². The van der Waals surface area contributed by atoms with Gasteiger partial charge in [-0.05, 0) is 31.4 Å². The molecule has 0 aromatic heterocycles. The Kier molecular flexibility index (Phi) is 11.9. The van der Waals surface area contributed by atoms with Crippen LogP contribution in [-0.4, -0.2) is 129 Å². The number of carbonyl (C=O) groups is 6. The van der Waals surface area contributed by atoms with Gasteiger partial charge in [0, 0.05) is 42.5 Å². The van der Waals surface area contributed by atoms with Gasteiger partial charge in [0.1, 0.15) is 54.8 Å². The number of amides is 3. The van der Waals surface area contributed by atoms with Crippen molar-refractivity contribution in [1.29, 1.82) is 0 Å². The van der Waals surface area contributed by atoms with E-state index in [1.807, 2.05) is 6.07 Å². The molecule has 7 atom stereocenters. The SMILES string of the molecule is COc1cccc2c1C(=O)c1c(O)c3c(c(O)c1C2=O)C[C@@](O)(C(=O)CO)C[C@@H]3OC1C[C@H](NC(=O)[C@@H]2CCCN2C(=O)CNC(=O)OCc2ccccc2)[C@H](O)[C@H](C)O1. The third-order valence-electron chi connectivity index (χ3n) is 11.6. The summed E-state index contributed by atoms with van der Waals surface area (Å²) in [6, 6.07) is 11.3. The Hall–Kier alpha value is -5.92. The minimum Gasteiger partial charge on any atom is -0.507 e. The standard InChI is InChI=1S/C42H45N3O15/c1-20-35(49)24(44-40(54)25-11-7-13-45(25)29(48)17-43-41(55)58-19-21-8-4-3-5-9-21)14-30(59-20)60-27-16-42(56,28(47)18-46)15-23-32(27)39(53)34-33(37(23)51)36(50)22-10-6-12-26(57-2)31(22)38(34)52/h3-6,8-10,12,20,24-25,27,30,35,46,49,51,53,56H,7,11,13-19H2,1-2H3,(H,43,55)(H,44,54)/t20-,24-,25-,27-,30?,35+,42-/m0/s1. The third kappa shape index (κ3) is 7.79. The number of phenolic OH excluding ortho intramolecular Hbond substituents is 2. The van der Waals surface area contributed by atoms with Crippen molar-refractivity contribution in [3.63, 3.8) is 0 Å². The molecule has 318 valence electrons. The largest absolute Gasteiger partial charge is 0.507 e. The number of likely N-dealkylation sites (tertiary alicyclic amines) is 1. The van der Waals surface area contributed by atoms with Crippen LogP contribution in [0.3, 0.4) is 0 Å². The van der Waals surface area contributed by atoms with Crippen molar-refractivity contribution in [3.8, 4) is 17.2 Å². The number of nitrogens with one attached hydrogen (secondary N) is 2. The number of hydrogen-bond acceptors (Lipinski definition) is 15. The average molecular weight is 832 g/mol. The lowest BCUT2D eigenvalue weighted by Crippen LogP contribution is -2.58. The van der Waals surface area contributed by atoms with Gasteiger partial charge in [0.05, 0.1) is 42.0 Å². The van der Waals surface area contributed by atoms with E-state index >= 15 is 0 Å². The van der Waals surface area contributed by atoms with Gasteiger partial charge in [0.2, 0.25) is 17.6 Å². The van der Waals surface area contributed by atoms with Gasteiger partial charge in [-0.2, -0.15) is 0 Å². The molecule has 1 unspecified atom stereocenters. The van der Waals surface area contributed by atoms with E-state index in [-0.39, 0.29) is 47.6 Å². The van der Waals surface area contributed by atoms with E-state index in [4.69, 9.17) is 18.9 Å². The zero-order valence-corrected chi connectivity index (χ0v) is 32.7. The van der Waals surface area contributed by atoms with Gasteiger partial charge in [-0.15, -0.1) is 0 Å². The number of aromatic hydroxyl groups is 2. The lowest BCUT2D eigenvalue weighted by Gasteiger charge is -2.43. The van der Waals surface area contributed by atoms with Crippen molar-refractivity contribution >= 4 is 35.3 Å². The fourth-order valence-electron chi connectivity index (χ4n) is 8.50. The summed E-state index contributed by atoms with van der Waals surface area (Å²) in [4.78, 5) is 81.2. The highest BCUT2D eigenvalue weighted by Gasteiger charge is 2.50. The first-order chi connectivity index (χ1) is 28.7. The Bertz CT molecular complexity index is 2230. The minimum absolute atomic E-state index is 0.00195. The Morgan fingerprint density at radius 3 is 2.43 bits per heavy atom. The first kappa shape index (κ1) is 42.2. The molecule has 4 aliphatic rings. The number of benzene rings is 3. The first-order valence-corrected chi connectivity index (χ1v) is 19.4. The minimum atomic E-state index is -2.38. The van der Waals surface area contributed by atoms with Crippen LogP contribution >= 0.6 is 0 Å². The van der Waals surface area contributed by atoms with Gasteiger partial charge in [0.25, 0.3) is 0 Å². The molecule has 18 heteroatoms. The van der Waals surface area contributed by atoms with Crippen molar-refractivity contribution in [1.82, 2.24) is 15.5 Å². The first-order valence-electron chi connectivity index (χ1n) is 19.4. The Balaban J connectivity index is 1.09. The van der Waals surface area contributed by atoms with Gasteiger partial charge in [-0.1, -0.05) is 42.5 Å². The number of ether oxygens (including phenoxy) is 4. The summed E-state index contributed by atoms with van der Waals surface area (Å²) < 4.78 is 22.7.